The third-order valence-electron chi connectivity index (χ3n) is 3.71. The Hall–Kier alpha value is 0.170. The summed E-state index contributed by atoms with van der Waals surface area (Å²) in [4.78, 5) is 10.2. The second-order valence-electron chi connectivity index (χ2n) is 5.88. The zero-order chi connectivity index (χ0) is 15.8. The average molecular weight is 320 g/mol. The fourth-order valence-electron chi connectivity index (χ4n) is 2.37. The second-order valence-corrected chi connectivity index (χ2v) is 5.88. The molecule has 1 N–H and O–H groups in total. The molecule has 0 saturated carbocycles. The van der Waals surface area contributed by atoms with E-state index in [9.17, 15) is 15.0 Å². The van der Waals surface area contributed by atoms with E-state index in [4.69, 9.17) is 0 Å². The van der Waals surface area contributed by atoms with Gasteiger partial charge in [-0.15, -0.1) is 0 Å². The number of aliphatic hydroxyl groups is 1. The molecule has 0 saturated heterocycles. The van der Waals surface area contributed by atoms with Gasteiger partial charge in [-0.3, -0.25) is 0 Å². The van der Waals surface area contributed by atoms with Crippen LogP contribution in [0.3, 0.4) is 0 Å². The number of aliphatic hydroxyl groups excluding tert-OH is 1. The number of hydrogen-bond acceptors (Lipinski definition) is 3. The molecule has 0 heterocycles. The number of unbranched alkanes of at least 4 members (excludes halogenated alkanes) is 9. The molecule has 0 fully saturated rings. The molecule has 0 spiro atoms. The maximum absolute atomic E-state index is 10.2. The van der Waals surface area contributed by atoms with Gasteiger partial charge in [-0.2, -0.15) is 0 Å². The van der Waals surface area contributed by atoms with Gasteiger partial charge in [-0.1, -0.05) is 70.4 Å². The van der Waals surface area contributed by atoms with Gasteiger partial charge in [-0.25, -0.2) is 0 Å². The minimum absolute atomic E-state index is 0. The first-order chi connectivity index (χ1) is 10.2. The molecule has 0 aromatic carbocycles. The van der Waals surface area contributed by atoms with Crippen LogP contribution in [0.4, 0.5) is 0 Å². The molecule has 3 nitrogen and oxygen atoms in total. The number of carboxylic acid groups (broad SMARTS) is 1. The molecule has 0 rings (SSSR count). The summed E-state index contributed by atoms with van der Waals surface area (Å²) in [5.74, 6) is -0.932. The van der Waals surface area contributed by atoms with Crippen LogP contribution >= 0.6 is 0 Å². The Morgan fingerprint density at radius 3 is 2.18 bits per heavy atom. The molecule has 0 aromatic rings. The number of allylic oxidation sites excluding steroid dienone is 1. The molecule has 0 aromatic heterocycles. The molecule has 0 radical (unpaired) electrons. The minimum atomic E-state index is -0.932. The first-order valence-corrected chi connectivity index (χ1v) is 8.71. The number of rotatable bonds is 15. The summed E-state index contributed by atoms with van der Waals surface area (Å²) in [5, 5.41) is 19.9. The van der Waals surface area contributed by atoms with Gasteiger partial charge >= 0.3 is 29.6 Å². The van der Waals surface area contributed by atoms with Gasteiger partial charge in [0, 0.05) is 5.97 Å². The van der Waals surface area contributed by atoms with Crippen LogP contribution < -0.4 is 34.7 Å². The van der Waals surface area contributed by atoms with Gasteiger partial charge in [0.1, 0.15) is 0 Å². The van der Waals surface area contributed by atoms with E-state index in [0.29, 0.717) is 0 Å². The largest absolute Gasteiger partial charge is 1.00 e. The molecule has 1 atom stereocenters. The zero-order valence-corrected chi connectivity index (χ0v) is 16.7. The van der Waals surface area contributed by atoms with Crippen LogP contribution in [0.25, 0.3) is 0 Å². The predicted octanol–water partition coefficient (Wildman–Crippen LogP) is 0.749. The Labute approximate surface area is 158 Å². The van der Waals surface area contributed by atoms with Gasteiger partial charge in [0.05, 0.1) is 6.10 Å². The van der Waals surface area contributed by atoms with E-state index in [2.05, 4.69) is 13.0 Å². The van der Waals surface area contributed by atoms with Crippen LogP contribution in [0, 0.1) is 0 Å². The molecule has 0 aliphatic heterocycles. The van der Waals surface area contributed by atoms with Crippen molar-refractivity contribution in [2.45, 2.75) is 96.5 Å². The molecule has 0 amide bonds. The molecular formula is C18H33NaO3. The summed E-state index contributed by atoms with van der Waals surface area (Å²) in [6, 6.07) is 0. The topological polar surface area (TPSA) is 60.4 Å². The van der Waals surface area contributed by atoms with Crippen LogP contribution in [-0.4, -0.2) is 17.2 Å². The first-order valence-electron chi connectivity index (χ1n) is 8.71. The maximum atomic E-state index is 10.2. The van der Waals surface area contributed by atoms with Gasteiger partial charge in [0.2, 0.25) is 0 Å². The SMILES string of the molecule is CCCCCC(O)/C=C/CCCCCCCCCC(=O)[O-].[Na+]. The monoisotopic (exact) mass is 320 g/mol. The molecule has 1 unspecified atom stereocenters. The summed E-state index contributed by atoms with van der Waals surface area (Å²) in [5.41, 5.74) is 0. The number of hydrogen-bond donors (Lipinski definition) is 1. The van der Waals surface area contributed by atoms with Gasteiger partial charge in [0.15, 0.2) is 0 Å². The fraction of sp³-hybridized carbons (Fsp3) is 0.833. The van der Waals surface area contributed by atoms with E-state index in [1.165, 1.54) is 38.5 Å². The predicted molar refractivity (Wildman–Crippen MR) is 85.8 cm³/mol. The van der Waals surface area contributed by atoms with Crippen molar-refractivity contribution in [3.8, 4) is 0 Å². The van der Waals surface area contributed by atoms with Gasteiger partial charge < -0.3 is 15.0 Å². The molecule has 0 aliphatic rings. The molecule has 22 heavy (non-hydrogen) atoms. The van der Waals surface area contributed by atoms with Crippen molar-refractivity contribution in [1.29, 1.82) is 0 Å². The first kappa shape index (κ1) is 24.4. The van der Waals surface area contributed by atoms with Crippen LogP contribution in [0.15, 0.2) is 12.2 Å². The quantitative estimate of drug-likeness (QED) is 0.275. The summed E-state index contributed by atoms with van der Waals surface area (Å²) >= 11 is 0. The minimum Gasteiger partial charge on any atom is -0.550 e. The summed E-state index contributed by atoms with van der Waals surface area (Å²) in [6.45, 7) is 2.17. The van der Waals surface area contributed by atoms with Crippen molar-refractivity contribution in [2.75, 3.05) is 0 Å². The van der Waals surface area contributed by atoms with Crippen molar-refractivity contribution in [3.05, 3.63) is 12.2 Å². The Bertz CT molecular complexity index is 267. The molecular weight excluding hydrogens is 287 g/mol. The Morgan fingerprint density at radius 2 is 1.59 bits per heavy atom. The van der Waals surface area contributed by atoms with Crippen LogP contribution in [-0.2, 0) is 4.79 Å². The Balaban J connectivity index is 0. The molecule has 0 bridgehead atoms. The van der Waals surface area contributed by atoms with Crippen molar-refractivity contribution in [1.82, 2.24) is 0 Å². The van der Waals surface area contributed by atoms with E-state index in [0.717, 1.165) is 38.5 Å². The average Bonchev–Trinajstić information content (AvgIpc) is 2.44. The van der Waals surface area contributed by atoms with Gasteiger partial charge in [-0.05, 0) is 32.1 Å². The third kappa shape index (κ3) is 20.2. The van der Waals surface area contributed by atoms with Crippen molar-refractivity contribution in [3.63, 3.8) is 0 Å². The summed E-state index contributed by atoms with van der Waals surface area (Å²) in [7, 11) is 0. The fourth-order valence-corrected chi connectivity index (χ4v) is 2.37. The standard InChI is InChI=1S/C18H34O3.Na/c1-2-3-11-14-17(19)15-12-9-7-5-4-6-8-10-13-16-18(20)21;/h12,15,17,19H,2-11,13-14,16H2,1H3,(H,20,21);/q;+1/p-1/b15-12+;. The number of carbonyl (C=O) groups is 1. The Morgan fingerprint density at radius 1 is 1.00 bits per heavy atom. The number of carboxylic acids is 1. The van der Waals surface area contributed by atoms with Crippen LogP contribution in [0.5, 0.6) is 0 Å². The maximum Gasteiger partial charge on any atom is 1.00 e. The number of carbonyl (C=O) groups excluding carboxylic acids is 1. The van der Waals surface area contributed by atoms with E-state index >= 15 is 0 Å². The Kier molecular flexibility index (Phi) is 21.3. The van der Waals surface area contributed by atoms with Crippen LogP contribution in [0.2, 0.25) is 0 Å². The van der Waals surface area contributed by atoms with Crippen molar-refractivity contribution < 1.29 is 44.6 Å². The summed E-state index contributed by atoms with van der Waals surface area (Å²) in [6.07, 6.45) is 17.1. The third-order valence-corrected chi connectivity index (χ3v) is 3.71. The molecule has 4 heteroatoms. The van der Waals surface area contributed by atoms with Crippen molar-refractivity contribution in [2.24, 2.45) is 0 Å². The van der Waals surface area contributed by atoms with E-state index < -0.39 is 5.97 Å². The molecule has 0 aliphatic carbocycles. The smallest absolute Gasteiger partial charge is 0.550 e. The van der Waals surface area contributed by atoms with E-state index in [1.54, 1.807) is 0 Å². The molecule has 124 valence electrons. The normalized spacial score (nSPS) is 12.3. The summed E-state index contributed by atoms with van der Waals surface area (Å²) < 4.78 is 0. The zero-order valence-electron chi connectivity index (χ0n) is 14.7. The number of aliphatic carboxylic acids is 1. The van der Waals surface area contributed by atoms with E-state index in [-0.39, 0.29) is 42.1 Å². The van der Waals surface area contributed by atoms with Crippen molar-refractivity contribution >= 4 is 5.97 Å². The van der Waals surface area contributed by atoms with Gasteiger partial charge in [0.25, 0.3) is 0 Å². The van der Waals surface area contributed by atoms with Crippen LogP contribution in [0.1, 0.15) is 90.4 Å². The second kappa shape index (κ2) is 19.2. The van der Waals surface area contributed by atoms with E-state index in [1.807, 2.05) is 6.08 Å².